The topological polar surface area (TPSA) is 69.6 Å². The quantitative estimate of drug-likeness (QED) is 0.782. The van der Waals surface area contributed by atoms with Gasteiger partial charge in [0.05, 0.1) is 4.90 Å². The average molecular weight is 402 g/mol. The molecule has 0 amide bonds. The Morgan fingerprint density at radius 3 is 1.93 bits per heavy atom. The normalized spacial score (nSPS) is 18.6. The summed E-state index contributed by atoms with van der Waals surface area (Å²) < 4.78 is 27.7. The lowest BCUT2D eigenvalue weighted by Crippen LogP contribution is -2.49. The Morgan fingerprint density at radius 1 is 0.786 bits per heavy atom. The van der Waals surface area contributed by atoms with Gasteiger partial charge < -0.3 is 9.80 Å². The maximum atomic E-state index is 13.1. The van der Waals surface area contributed by atoms with E-state index < -0.39 is 10.0 Å². The molecule has 0 radical (unpaired) electrons. The average Bonchev–Trinajstić information content (AvgIpc) is 3.25. The van der Waals surface area contributed by atoms with Gasteiger partial charge in [0.25, 0.3) is 0 Å². The highest BCUT2D eigenvalue weighted by Gasteiger charge is 2.30. The predicted octanol–water partition coefficient (Wildman–Crippen LogP) is 2.20. The van der Waals surface area contributed by atoms with Crippen molar-refractivity contribution in [2.45, 2.75) is 31.6 Å². The number of hydrogen-bond donors (Lipinski definition) is 0. The molecule has 2 fully saturated rings. The minimum atomic E-state index is -3.47. The lowest BCUT2D eigenvalue weighted by Gasteiger charge is -2.34. The maximum Gasteiger partial charge on any atom is 0.243 e. The lowest BCUT2D eigenvalue weighted by molar-refractivity contribution is 0.383. The van der Waals surface area contributed by atoms with E-state index in [9.17, 15) is 8.42 Å². The fourth-order valence-electron chi connectivity index (χ4n) is 3.88. The molecule has 1 aromatic heterocycles. The summed E-state index contributed by atoms with van der Waals surface area (Å²) in [5.41, 5.74) is 1.74. The zero-order chi connectivity index (χ0) is 19.7. The third-order valence-electron chi connectivity index (χ3n) is 5.59. The molecule has 2 aliphatic rings. The van der Waals surface area contributed by atoms with Crippen molar-refractivity contribution in [2.24, 2.45) is 0 Å². The molecule has 2 aromatic rings. The van der Waals surface area contributed by atoms with Gasteiger partial charge in [-0.1, -0.05) is 12.1 Å². The first kappa shape index (κ1) is 19.1. The Hall–Kier alpha value is -2.19. The molecule has 0 atom stereocenters. The van der Waals surface area contributed by atoms with Gasteiger partial charge in [-0.05, 0) is 56.0 Å². The van der Waals surface area contributed by atoms with Gasteiger partial charge in [0.1, 0.15) is 0 Å². The van der Waals surface area contributed by atoms with Gasteiger partial charge in [-0.25, -0.2) is 8.42 Å². The van der Waals surface area contributed by atoms with Crippen LogP contribution in [0, 0.1) is 13.8 Å². The van der Waals surface area contributed by atoms with E-state index in [2.05, 4.69) is 20.0 Å². The molecule has 3 heterocycles. The van der Waals surface area contributed by atoms with E-state index in [0.29, 0.717) is 31.1 Å². The summed E-state index contributed by atoms with van der Waals surface area (Å²) in [6.45, 7) is 7.98. The van der Waals surface area contributed by atoms with Crippen molar-refractivity contribution >= 4 is 21.7 Å². The first-order chi connectivity index (χ1) is 13.4. The van der Waals surface area contributed by atoms with E-state index in [1.807, 2.05) is 38.1 Å². The Bertz CT molecular complexity index is 932. The van der Waals surface area contributed by atoms with E-state index in [4.69, 9.17) is 0 Å². The number of hydrogen-bond acceptors (Lipinski definition) is 6. The molecule has 0 spiro atoms. The van der Waals surface area contributed by atoms with Crippen molar-refractivity contribution in [3.05, 3.63) is 41.5 Å². The van der Waals surface area contributed by atoms with Crippen LogP contribution in [-0.4, -0.2) is 62.2 Å². The highest BCUT2D eigenvalue weighted by molar-refractivity contribution is 7.89. The number of benzene rings is 1. The molecule has 7 nitrogen and oxygen atoms in total. The SMILES string of the molecule is Cc1ccc(C)c(S(=O)(=O)N2CCN(c3ccc(N4CCCC4)nn3)CC2)c1. The minimum absolute atomic E-state index is 0.413. The number of rotatable bonds is 4. The van der Waals surface area contributed by atoms with Crippen molar-refractivity contribution < 1.29 is 8.42 Å². The summed E-state index contributed by atoms with van der Waals surface area (Å²) in [6, 6.07) is 9.59. The van der Waals surface area contributed by atoms with Crippen molar-refractivity contribution in [1.29, 1.82) is 0 Å². The van der Waals surface area contributed by atoms with Crippen molar-refractivity contribution in [3.8, 4) is 0 Å². The van der Waals surface area contributed by atoms with Gasteiger partial charge in [0, 0.05) is 39.3 Å². The van der Waals surface area contributed by atoms with Crippen molar-refractivity contribution in [2.75, 3.05) is 49.1 Å². The first-order valence-corrected chi connectivity index (χ1v) is 11.3. The van der Waals surface area contributed by atoms with E-state index in [1.54, 1.807) is 10.4 Å². The molecule has 28 heavy (non-hydrogen) atoms. The Morgan fingerprint density at radius 2 is 1.36 bits per heavy atom. The van der Waals surface area contributed by atoms with Crippen LogP contribution < -0.4 is 9.80 Å². The molecular weight excluding hydrogens is 374 g/mol. The molecule has 1 aromatic carbocycles. The molecule has 0 aliphatic carbocycles. The fourth-order valence-corrected chi connectivity index (χ4v) is 5.62. The molecule has 8 heteroatoms. The monoisotopic (exact) mass is 401 g/mol. The van der Waals surface area contributed by atoms with Crippen LogP contribution in [0.15, 0.2) is 35.2 Å². The van der Waals surface area contributed by atoms with Crippen LogP contribution in [0.1, 0.15) is 24.0 Å². The van der Waals surface area contributed by atoms with Crippen LogP contribution in [0.2, 0.25) is 0 Å². The van der Waals surface area contributed by atoms with Crippen LogP contribution in [0.4, 0.5) is 11.6 Å². The zero-order valence-electron chi connectivity index (χ0n) is 16.5. The number of aromatic nitrogens is 2. The van der Waals surface area contributed by atoms with Gasteiger partial charge in [-0.15, -0.1) is 10.2 Å². The molecule has 0 bridgehead atoms. The smallest absolute Gasteiger partial charge is 0.243 e. The number of aryl methyl sites for hydroxylation is 2. The molecule has 150 valence electrons. The predicted molar refractivity (Wildman–Crippen MR) is 110 cm³/mol. The van der Waals surface area contributed by atoms with E-state index in [0.717, 1.165) is 35.9 Å². The number of nitrogens with zero attached hydrogens (tertiary/aromatic N) is 5. The minimum Gasteiger partial charge on any atom is -0.355 e. The third kappa shape index (κ3) is 3.71. The lowest BCUT2D eigenvalue weighted by atomic mass is 10.2. The second-order valence-corrected chi connectivity index (χ2v) is 9.51. The largest absolute Gasteiger partial charge is 0.355 e. The van der Waals surface area contributed by atoms with Crippen LogP contribution in [0.3, 0.4) is 0 Å². The Kier molecular flexibility index (Phi) is 5.25. The number of anilines is 2. The van der Waals surface area contributed by atoms with Gasteiger partial charge in [-0.3, -0.25) is 0 Å². The molecule has 2 saturated heterocycles. The third-order valence-corrected chi connectivity index (χ3v) is 7.63. The van der Waals surface area contributed by atoms with E-state index >= 15 is 0 Å². The molecule has 2 aliphatic heterocycles. The summed E-state index contributed by atoms with van der Waals surface area (Å²) in [4.78, 5) is 4.78. The molecule has 0 saturated carbocycles. The second-order valence-electron chi connectivity index (χ2n) is 7.60. The molecular formula is C20H27N5O2S. The summed E-state index contributed by atoms with van der Waals surface area (Å²) in [5.74, 6) is 1.74. The van der Waals surface area contributed by atoms with Gasteiger partial charge in [0.15, 0.2) is 11.6 Å². The fraction of sp³-hybridized carbons (Fsp3) is 0.500. The summed E-state index contributed by atoms with van der Waals surface area (Å²) in [5, 5.41) is 8.76. The van der Waals surface area contributed by atoms with E-state index in [-0.39, 0.29) is 0 Å². The Labute approximate surface area is 167 Å². The maximum absolute atomic E-state index is 13.1. The Balaban J connectivity index is 1.43. The zero-order valence-corrected chi connectivity index (χ0v) is 17.3. The van der Waals surface area contributed by atoms with Crippen LogP contribution >= 0.6 is 0 Å². The summed E-state index contributed by atoms with van der Waals surface area (Å²) in [6.07, 6.45) is 2.42. The van der Waals surface area contributed by atoms with Gasteiger partial charge >= 0.3 is 0 Å². The van der Waals surface area contributed by atoms with Crippen LogP contribution in [0.25, 0.3) is 0 Å². The van der Waals surface area contributed by atoms with Crippen LogP contribution in [-0.2, 0) is 10.0 Å². The summed E-state index contributed by atoms with van der Waals surface area (Å²) in [7, 11) is -3.47. The highest BCUT2D eigenvalue weighted by Crippen LogP contribution is 2.24. The van der Waals surface area contributed by atoms with Gasteiger partial charge in [-0.2, -0.15) is 4.31 Å². The number of sulfonamides is 1. The molecule has 0 N–H and O–H groups in total. The molecule has 0 unspecified atom stereocenters. The molecule has 4 rings (SSSR count). The van der Waals surface area contributed by atoms with E-state index in [1.165, 1.54) is 12.8 Å². The first-order valence-electron chi connectivity index (χ1n) is 9.86. The number of piperazine rings is 1. The summed E-state index contributed by atoms with van der Waals surface area (Å²) >= 11 is 0. The van der Waals surface area contributed by atoms with Gasteiger partial charge in [0.2, 0.25) is 10.0 Å². The van der Waals surface area contributed by atoms with Crippen LogP contribution in [0.5, 0.6) is 0 Å². The second kappa shape index (κ2) is 7.67. The van der Waals surface area contributed by atoms with Crippen molar-refractivity contribution in [1.82, 2.24) is 14.5 Å². The highest BCUT2D eigenvalue weighted by atomic mass is 32.2. The standard InChI is InChI=1S/C20H27N5O2S/c1-16-5-6-17(2)18(15-16)28(26,27)25-13-11-24(12-14-25)20-8-7-19(21-22-20)23-9-3-4-10-23/h5-8,15H,3-4,9-14H2,1-2H3. The van der Waals surface area contributed by atoms with Crippen molar-refractivity contribution in [3.63, 3.8) is 0 Å².